The molecular formula is C7H9Cl2N3O. The summed E-state index contributed by atoms with van der Waals surface area (Å²) in [4.78, 5) is 7.49. The van der Waals surface area contributed by atoms with Crippen LogP contribution in [0.2, 0.25) is 10.3 Å². The highest BCUT2D eigenvalue weighted by atomic mass is 35.5. The molecule has 0 aliphatic rings. The number of hydrogen-bond acceptors (Lipinski definition) is 4. The van der Waals surface area contributed by atoms with Crippen LogP contribution in [0.15, 0.2) is 6.33 Å². The third-order valence-electron chi connectivity index (χ3n) is 1.55. The first kappa shape index (κ1) is 10.7. The molecule has 0 radical (unpaired) electrons. The van der Waals surface area contributed by atoms with Gasteiger partial charge < -0.3 is 10.8 Å². The number of aromatic nitrogens is 2. The molecule has 6 heteroatoms. The van der Waals surface area contributed by atoms with Crippen LogP contribution in [0.4, 0.5) is 0 Å². The maximum Gasteiger partial charge on any atom is 0.137 e. The van der Waals surface area contributed by atoms with Crippen LogP contribution in [0, 0.1) is 0 Å². The van der Waals surface area contributed by atoms with Crippen molar-refractivity contribution in [3.8, 4) is 0 Å². The third-order valence-corrected chi connectivity index (χ3v) is 2.20. The van der Waals surface area contributed by atoms with E-state index in [9.17, 15) is 5.11 Å². The van der Waals surface area contributed by atoms with Gasteiger partial charge in [0.2, 0.25) is 0 Å². The summed E-state index contributed by atoms with van der Waals surface area (Å²) in [5.41, 5.74) is 5.77. The molecule has 72 valence electrons. The SMILES string of the molecule is NCC(O)Cc1c(Cl)ncnc1Cl. The molecule has 1 unspecified atom stereocenters. The predicted octanol–water partition coefficient (Wildman–Crippen LogP) is 0.646. The van der Waals surface area contributed by atoms with Crippen molar-refractivity contribution in [1.29, 1.82) is 0 Å². The summed E-state index contributed by atoms with van der Waals surface area (Å²) in [6, 6.07) is 0. The van der Waals surface area contributed by atoms with E-state index >= 15 is 0 Å². The van der Waals surface area contributed by atoms with Crippen LogP contribution in [-0.4, -0.2) is 27.7 Å². The number of aliphatic hydroxyl groups is 1. The predicted molar refractivity (Wildman–Crippen MR) is 50.8 cm³/mol. The first-order valence-corrected chi connectivity index (χ1v) is 4.43. The molecule has 0 saturated heterocycles. The molecule has 0 aliphatic carbocycles. The Morgan fingerprint density at radius 3 is 2.38 bits per heavy atom. The molecule has 0 amide bonds. The van der Waals surface area contributed by atoms with Crippen LogP contribution in [0.5, 0.6) is 0 Å². The Kier molecular flexibility index (Phi) is 3.87. The summed E-state index contributed by atoms with van der Waals surface area (Å²) in [5.74, 6) is 0. The molecule has 4 nitrogen and oxygen atoms in total. The summed E-state index contributed by atoms with van der Waals surface area (Å²) in [6.07, 6.45) is 0.874. The minimum absolute atomic E-state index is 0.154. The zero-order valence-corrected chi connectivity index (χ0v) is 8.26. The summed E-state index contributed by atoms with van der Waals surface area (Å²) < 4.78 is 0. The smallest absolute Gasteiger partial charge is 0.137 e. The number of hydrogen-bond donors (Lipinski definition) is 2. The highest BCUT2D eigenvalue weighted by molar-refractivity contribution is 6.34. The van der Waals surface area contributed by atoms with Gasteiger partial charge in [-0.1, -0.05) is 23.2 Å². The van der Waals surface area contributed by atoms with E-state index < -0.39 is 6.10 Å². The molecule has 1 rings (SSSR count). The Bertz CT molecular complexity index is 275. The Morgan fingerprint density at radius 1 is 1.38 bits per heavy atom. The average molecular weight is 222 g/mol. The van der Waals surface area contributed by atoms with Gasteiger partial charge in [-0.05, 0) is 0 Å². The Morgan fingerprint density at radius 2 is 1.92 bits per heavy atom. The van der Waals surface area contributed by atoms with Crippen molar-refractivity contribution in [2.24, 2.45) is 5.73 Å². The molecule has 0 spiro atoms. The van der Waals surface area contributed by atoms with Gasteiger partial charge in [-0.25, -0.2) is 9.97 Å². The monoisotopic (exact) mass is 221 g/mol. The zero-order valence-electron chi connectivity index (χ0n) is 6.74. The Balaban J connectivity index is 2.87. The first-order chi connectivity index (χ1) is 6.15. The van der Waals surface area contributed by atoms with Crippen LogP contribution in [-0.2, 0) is 6.42 Å². The molecule has 3 N–H and O–H groups in total. The lowest BCUT2D eigenvalue weighted by Crippen LogP contribution is -2.22. The molecule has 0 aromatic carbocycles. The fraction of sp³-hybridized carbons (Fsp3) is 0.429. The second-order valence-corrected chi connectivity index (χ2v) is 3.24. The highest BCUT2D eigenvalue weighted by Gasteiger charge is 2.12. The van der Waals surface area contributed by atoms with Crippen LogP contribution in [0.3, 0.4) is 0 Å². The molecule has 0 aliphatic heterocycles. The van der Waals surface area contributed by atoms with Gasteiger partial charge in [-0.15, -0.1) is 0 Å². The quantitative estimate of drug-likeness (QED) is 0.736. The van der Waals surface area contributed by atoms with Gasteiger partial charge in [-0.2, -0.15) is 0 Å². The normalized spacial score (nSPS) is 12.9. The summed E-state index contributed by atoms with van der Waals surface area (Å²) in [6.45, 7) is 0.154. The van der Waals surface area contributed by atoms with Gasteiger partial charge in [0, 0.05) is 18.5 Å². The number of aliphatic hydroxyl groups excluding tert-OH is 1. The molecule has 1 aromatic heterocycles. The van der Waals surface area contributed by atoms with Gasteiger partial charge >= 0.3 is 0 Å². The summed E-state index contributed by atoms with van der Waals surface area (Å²) >= 11 is 11.5. The number of halogens is 2. The van der Waals surface area contributed by atoms with Crippen LogP contribution >= 0.6 is 23.2 Å². The van der Waals surface area contributed by atoms with Crippen molar-refractivity contribution < 1.29 is 5.11 Å². The van der Waals surface area contributed by atoms with E-state index in [1.807, 2.05) is 0 Å². The maximum absolute atomic E-state index is 9.26. The zero-order chi connectivity index (χ0) is 9.84. The molecule has 0 fully saturated rings. The standard InChI is InChI=1S/C7H9Cl2N3O/c8-6-5(1-4(13)2-10)7(9)12-3-11-6/h3-4,13H,1-2,10H2. The topological polar surface area (TPSA) is 72.0 Å². The van der Waals surface area contributed by atoms with Crippen molar-refractivity contribution in [3.05, 3.63) is 22.2 Å². The fourth-order valence-electron chi connectivity index (χ4n) is 0.859. The maximum atomic E-state index is 9.26. The second kappa shape index (κ2) is 4.72. The molecule has 1 atom stereocenters. The van der Waals surface area contributed by atoms with Gasteiger partial charge in [-0.3, -0.25) is 0 Å². The van der Waals surface area contributed by atoms with Gasteiger partial charge in [0.25, 0.3) is 0 Å². The molecule has 1 aromatic rings. The lowest BCUT2D eigenvalue weighted by molar-refractivity contribution is 0.183. The fourth-order valence-corrected chi connectivity index (χ4v) is 1.33. The minimum atomic E-state index is -0.666. The third kappa shape index (κ3) is 2.77. The molecule has 0 bridgehead atoms. The number of nitrogens with zero attached hydrogens (tertiary/aromatic N) is 2. The van der Waals surface area contributed by atoms with E-state index in [-0.39, 0.29) is 23.3 Å². The van der Waals surface area contributed by atoms with Crippen LogP contribution < -0.4 is 5.73 Å². The van der Waals surface area contributed by atoms with Crippen molar-refractivity contribution in [3.63, 3.8) is 0 Å². The highest BCUT2D eigenvalue weighted by Crippen LogP contribution is 2.20. The van der Waals surface area contributed by atoms with Crippen molar-refractivity contribution in [2.75, 3.05) is 6.54 Å². The van der Waals surface area contributed by atoms with E-state index in [0.29, 0.717) is 5.56 Å². The van der Waals surface area contributed by atoms with E-state index in [1.165, 1.54) is 6.33 Å². The van der Waals surface area contributed by atoms with Crippen molar-refractivity contribution in [2.45, 2.75) is 12.5 Å². The van der Waals surface area contributed by atoms with E-state index in [2.05, 4.69) is 9.97 Å². The molecule has 0 saturated carbocycles. The van der Waals surface area contributed by atoms with E-state index in [1.54, 1.807) is 0 Å². The minimum Gasteiger partial charge on any atom is -0.391 e. The number of rotatable bonds is 3. The van der Waals surface area contributed by atoms with Gasteiger partial charge in [0.05, 0.1) is 6.10 Å². The second-order valence-electron chi connectivity index (χ2n) is 2.53. The van der Waals surface area contributed by atoms with Crippen LogP contribution in [0.1, 0.15) is 5.56 Å². The van der Waals surface area contributed by atoms with Gasteiger partial charge in [0.15, 0.2) is 0 Å². The molecule has 1 heterocycles. The van der Waals surface area contributed by atoms with Crippen molar-refractivity contribution in [1.82, 2.24) is 9.97 Å². The van der Waals surface area contributed by atoms with Gasteiger partial charge in [0.1, 0.15) is 16.6 Å². The van der Waals surface area contributed by atoms with Crippen LogP contribution in [0.25, 0.3) is 0 Å². The lowest BCUT2D eigenvalue weighted by atomic mass is 10.1. The largest absolute Gasteiger partial charge is 0.391 e. The number of nitrogens with two attached hydrogens (primary N) is 1. The first-order valence-electron chi connectivity index (χ1n) is 3.68. The summed E-state index contributed by atoms with van der Waals surface area (Å²) in [5, 5.41) is 9.78. The van der Waals surface area contributed by atoms with Crippen molar-refractivity contribution >= 4 is 23.2 Å². The van der Waals surface area contributed by atoms with E-state index in [4.69, 9.17) is 28.9 Å². The Labute approximate surface area is 85.7 Å². The molecular weight excluding hydrogens is 213 g/mol. The summed E-state index contributed by atoms with van der Waals surface area (Å²) in [7, 11) is 0. The average Bonchev–Trinajstić information content (AvgIpc) is 2.11. The Hall–Kier alpha value is -0.420. The molecule has 13 heavy (non-hydrogen) atoms. The lowest BCUT2D eigenvalue weighted by Gasteiger charge is -2.08. The van der Waals surface area contributed by atoms with E-state index in [0.717, 1.165) is 0 Å².